The van der Waals surface area contributed by atoms with Crippen LogP contribution in [-0.2, 0) is 4.79 Å². The van der Waals surface area contributed by atoms with Crippen LogP contribution in [0.15, 0.2) is 0 Å². The molecular weight excluding hydrogens is 232 g/mol. The van der Waals surface area contributed by atoms with Gasteiger partial charge in [0.2, 0.25) is 0 Å². The zero-order chi connectivity index (χ0) is 13.7. The van der Waals surface area contributed by atoms with Crippen LogP contribution in [0.3, 0.4) is 0 Å². The largest absolute Gasteiger partial charge is 0.480 e. The first-order chi connectivity index (χ1) is 8.47. The van der Waals surface area contributed by atoms with Crippen LogP contribution in [0.1, 0.15) is 46.5 Å². The highest BCUT2D eigenvalue weighted by atomic mass is 16.4. The van der Waals surface area contributed by atoms with Gasteiger partial charge in [-0.05, 0) is 33.6 Å². The second-order valence-electron chi connectivity index (χ2n) is 5.12. The smallest absolute Gasteiger partial charge is 0.323 e. The number of carbonyl (C=O) groups is 2. The molecule has 0 spiro atoms. The number of aliphatic carboxylic acids is 1. The molecule has 0 aromatic carbocycles. The standard InChI is InChI=1S/C13H24N2O3/c1-4-14(11-7-5-6-8-11)13(18)15(10(2)3)9-12(16)17/h10-11H,4-9H2,1-3H3,(H,16,17). The van der Waals surface area contributed by atoms with Crippen molar-refractivity contribution in [2.24, 2.45) is 0 Å². The van der Waals surface area contributed by atoms with E-state index in [9.17, 15) is 9.59 Å². The minimum Gasteiger partial charge on any atom is -0.480 e. The SMILES string of the molecule is CCN(C(=O)N(CC(=O)O)C(C)C)C1CCCC1. The summed E-state index contributed by atoms with van der Waals surface area (Å²) < 4.78 is 0. The number of nitrogens with zero attached hydrogens (tertiary/aromatic N) is 2. The first-order valence-electron chi connectivity index (χ1n) is 6.76. The fourth-order valence-corrected chi connectivity index (χ4v) is 2.55. The van der Waals surface area contributed by atoms with Crippen LogP contribution in [0.5, 0.6) is 0 Å². The highest BCUT2D eigenvalue weighted by Crippen LogP contribution is 2.24. The van der Waals surface area contributed by atoms with Gasteiger partial charge in [0.15, 0.2) is 0 Å². The summed E-state index contributed by atoms with van der Waals surface area (Å²) >= 11 is 0. The molecule has 1 N–H and O–H groups in total. The molecule has 1 saturated carbocycles. The van der Waals surface area contributed by atoms with Crippen molar-refractivity contribution in [2.75, 3.05) is 13.1 Å². The number of hydrogen-bond acceptors (Lipinski definition) is 2. The highest BCUT2D eigenvalue weighted by molar-refractivity contribution is 5.80. The van der Waals surface area contributed by atoms with Crippen LogP contribution in [0.25, 0.3) is 0 Å². The Balaban J connectivity index is 2.75. The first-order valence-corrected chi connectivity index (χ1v) is 6.76. The maximum absolute atomic E-state index is 12.4. The maximum atomic E-state index is 12.4. The van der Waals surface area contributed by atoms with Crippen molar-refractivity contribution in [1.29, 1.82) is 0 Å². The van der Waals surface area contributed by atoms with Crippen molar-refractivity contribution in [3.05, 3.63) is 0 Å². The Kier molecular flexibility index (Phi) is 5.44. The fraction of sp³-hybridized carbons (Fsp3) is 0.846. The summed E-state index contributed by atoms with van der Waals surface area (Å²) in [6.45, 7) is 6.08. The lowest BCUT2D eigenvalue weighted by atomic mass is 10.2. The second-order valence-corrected chi connectivity index (χ2v) is 5.12. The summed E-state index contributed by atoms with van der Waals surface area (Å²) in [6, 6.07) is 0.0587. The molecule has 0 aliphatic heterocycles. The summed E-state index contributed by atoms with van der Waals surface area (Å²) in [5.74, 6) is -0.959. The number of hydrogen-bond donors (Lipinski definition) is 1. The Hall–Kier alpha value is -1.26. The van der Waals surface area contributed by atoms with Crippen molar-refractivity contribution in [3.63, 3.8) is 0 Å². The van der Waals surface area contributed by atoms with Gasteiger partial charge in [0.25, 0.3) is 0 Å². The first kappa shape index (κ1) is 14.8. The number of urea groups is 1. The average Bonchev–Trinajstić information content (AvgIpc) is 2.79. The summed E-state index contributed by atoms with van der Waals surface area (Å²) in [7, 11) is 0. The molecule has 0 bridgehead atoms. The van der Waals surface area contributed by atoms with E-state index in [0.717, 1.165) is 25.7 Å². The average molecular weight is 256 g/mol. The van der Waals surface area contributed by atoms with Gasteiger partial charge in [0.05, 0.1) is 0 Å². The Morgan fingerprint density at radius 2 is 1.83 bits per heavy atom. The fourth-order valence-electron chi connectivity index (χ4n) is 2.55. The van der Waals surface area contributed by atoms with Crippen LogP contribution in [0.2, 0.25) is 0 Å². The maximum Gasteiger partial charge on any atom is 0.323 e. The van der Waals surface area contributed by atoms with Gasteiger partial charge in [-0.15, -0.1) is 0 Å². The summed E-state index contributed by atoms with van der Waals surface area (Å²) in [5, 5.41) is 8.89. The van der Waals surface area contributed by atoms with Gasteiger partial charge in [0, 0.05) is 18.6 Å². The Labute approximate surface area is 109 Å². The van der Waals surface area contributed by atoms with E-state index in [4.69, 9.17) is 5.11 Å². The van der Waals surface area contributed by atoms with Gasteiger partial charge in [-0.25, -0.2) is 4.79 Å². The molecule has 0 radical (unpaired) electrons. The van der Waals surface area contributed by atoms with Crippen molar-refractivity contribution < 1.29 is 14.7 Å². The van der Waals surface area contributed by atoms with E-state index >= 15 is 0 Å². The Morgan fingerprint density at radius 3 is 2.22 bits per heavy atom. The Morgan fingerprint density at radius 1 is 1.28 bits per heavy atom. The lowest BCUT2D eigenvalue weighted by Gasteiger charge is -2.35. The minimum absolute atomic E-state index is 0.0935. The molecule has 0 saturated heterocycles. The van der Waals surface area contributed by atoms with E-state index in [2.05, 4.69) is 0 Å². The molecule has 0 aromatic rings. The van der Waals surface area contributed by atoms with Crippen molar-refractivity contribution >= 4 is 12.0 Å². The minimum atomic E-state index is -0.959. The molecule has 0 heterocycles. The van der Waals surface area contributed by atoms with Crippen molar-refractivity contribution in [3.8, 4) is 0 Å². The molecule has 1 aliphatic rings. The Bertz CT molecular complexity index is 299. The molecule has 1 fully saturated rings. The third kappa shape index (κ3) is 3.62. The highest BCUT2D eigenvalue weighted by Gasteiger charge is 2.30. The third-order valence-electron chi connectivity index (χ3n) is 3.53. The van der Waals surface area contributed by atoms with E-state index in [0.29, 0.717) is 6.54 Å². The van der Waals surface area contributed by atoms with Gasteiger partial charge >= 0.3 is 12.0 Å². The topological polar surface area (TPSA) is 60.9 Å². The van der Waals surface area contributed by atoms with Gasteiger partial charge in [-0.2, -0.15) is 0 Å². The summed E-state index contributed by atoms with van der Waals surface area (Å²) in [4.78, 5) is 26.5. The molecule has 18 heavy (non-hydrogen) atoms. The van der Waals surface area contributed by atoms with Crippen LogP contribution in [0, 0.1) is 0 Å². The molecule has 0 unspecified atom stereocenters. The molecule has 104 valence electrons. The molecule has 0 atom stereocenters. The van der Waals surface area contributed by atoms with E-state index in [1.54, 1.807) is 0 Å². The summed E-state index contributed by atoms with van der Waals surface area (Å²) in [6.07, 6.45) is 4.40. The molecule has 5 heteroatoms. The van der Waals surface area contributed by atoms with Crippen LogP contribution >= 0.6 is 0 Å². The van der Waals surface area contributed by atoms with Crippen molar-refractivity contribution in [1.82, 2.24) is 9.80 Å². The van der Waals surface area contributed by atoms with Gasteiger partial charge in [0.1, 0.15) is 6.54 Å². The molecule has 1 rings (SSSR count). The lowest BCUT2D eigenvalue weighted by Crippen LogP contribution is -2.51. The van der Waals surface area contributed by atoms with Gasteiger partial charge in [-0.1, -0.05) is 12.8 Å². The zero-order valence-electron chi connectivity index (χ0n) is 11.6. The van der Waals surface area contributed by atoms with Gasteiger partial charge < -0.3 is 14.9 Å². The normalized spacial score (nSPS) is 16.0. The number of carbonyl (C=O) groups excluding carboxylic acids is 1. The van der Waals surface area contributed by atoms with E-state index in [1.807, 2.05) is 25.7 Å². The molecule has 1 aliphatic carbocycles. The second kappa shape index (κ2) is 6.61. The molecular formula is C13H24N2O3. The number of carboxylic acids is 1. The molecule has 0 aromatic heterocycles. The van der Waals surface area contributed by atoms with E-state index in [1.165, 1.54) is 4.90 Å². The predicted molar refractivity (Wildman–Crippen MR) is 69.5 cm³/mol. The lowest BCUT2D eigenvalue weighted by molar-refractivity contribution is -0.138. The zero-order valence-corrected chi connectivity index (χ0v) is 11.6. The predicted octanol–water partition coefficient (Wildman–Crippen LogP) is 2.17. The molecule has 2 amide bonds. The monoisotopic (exact) mass is 256 g/mol. The number of rotatable bonds is 5. The van der Waals surface area contributed by atoms with Gasteiger partial charge in [-0.3, -0.25) is 4.79 Å². The number of carboxylic acid groups (broad SMARTS) is 1. The molecule has 5 nitrogen and oxygen atoms in total. The van der Waals surface area contributed by atoms with E-state index in [-0.39, 0.29) is 24.7 Å². The number of amides is 2. The van der Waals surface area contributed by atoms with Crippen LogP contribution in [-0.4, -0.2) is 52.1 Å². The van der Waals surface area contributed by atoms with E-state index < -0.39 is 5.97 Å². The third-order valence-corrected chi connectivity index (χ3v) is 3.53. The van der Waals surface area contributed by atoms with Crippen LogP contribution < -0.4 is 0 Å². The quantitative estimate of drug-likeness (QED) is 0.820. The van der Waals surface area contributed by atoms with Crippen molar-refractivity contribution in [2.45, 2.75) is 58.5 Å². The summed E-state index contributed by atoms with van der Waals surface area (Å²) in [5.41, 5.74) is 0. The van der Waals surface area contributed by atoms with Crippen LogP contribution in [0.4, 0.5) is 4.79 Å².